The Labute approximate surface area is 103 Å². The molecule has 1 saturated heterocycles. The lowest BCUT2D eigenvalue weighted by atomic mass is 10.0. The smallest absolute Gasteiger partial charge is 0.191 e. The first kappa shape index (κ1) is 12.6. The van der Waals surface area contributed by atoms with E-state index in [1.54, 1.807) is 7.11 Å². The fourth-order valence-corrected chi connectivity index (χ4v) is 2.12. The van der Waals surface area contributed by atoms with Crippen molar-refractivity contribution in [3.05, 3.63) is 0 Å². The van der Waals surface area contributed by atoms with E-state index < -0.39 is 0 Å². The van der Waals surface area contributed by atoms with Gasteiger partial charge in [-0.05, 0) is 24.7 Å². The van der Waals surface area contributed by atoms with Gasteiger partial charge in [-0.15, -0.1) is 0 Å². The molecule has 5 heteroatoms. The van der Waals surface area contributed by atoms with Crippen molar-refractivity contribution in [1.82, 2.24) is 4.90 Å². The number of hydrogen-bond acceptors (Lipinski definition) is 3. The van der Waals surface area contributed by atoms with Crippen LogP contribution < -0.4 is 5.73 Å². The van der Waals surface area contributed by atoms with Crippen molar-refractivity contribution in [3.63, 3.8) is 0 Å². The first-order valence-corrected chi connectivity index (χ1v) is 6.37. The highest BCUT2D eigenvalue weighted by molar-refractivity contribution is 5.78. The van der Waals surface area contributed by atoms with Gasteiger partial charge in [-0.2, -0.15) is 0 Å². The number of hydrogen-bond donors (Lipinski definition) is 1. The van der Waals surface area contributed by atoms with Crippen LogP contribution in [-0.4, -0.2) is 57.4 Å². The highest BCUT2D eigenvalue weighted by atomic mass is 16.5. The predicted octanol–water partition coefficient (Wildman–Crippen LogP) is 0.450. The molecule has 98 valence electrons. The Kier molecular flexibility index (Phi) is 4.23. The van der Waals surface area contributed by atoms with Gasteiger partial charge in [-0.3, -0.25) is 4.99 Å². The number of rotatable bonds is 5. The van der Waals surface area contributed by atoms with Gasteiger partial charge in [0.1, 0.15) is 0 Å². The van der Waals surface area contributed by atoms with Crippen LogP contribution in [0.5, 0.6) is 0 Å². The van der Waals surface area contributed by atoms with E-state index in [1.807, 2.05) is 0 Å². The van der Waals surface area contributed by atoms with Crippen molar-refractivity contribution in [2.75, 3.05) is 46.6 Å². The van der Waals surface area contributed by atoms with Gasteiger partial charge in [-0.25, -0.2) is 0 Å². The Morgan fingerprint density at radius 3 is 2.71 bits per heavy atom. The summed E-state index contributed by atoms with van der Waals surface area (Å²) < 4.78 is 10.4. The third-order valence-electron chi connectivity index (χ3n) is 3.71. The molecule has 17 heavy (non-hydrogen) atoms. The van der Waals surface area contributed by atoms with Crippen molar-refractivity contribution in [1.29, 1.82) is 0 Å². The molecule has 1 aliphatic carbocycles. The number of methoxy groups -OCH3 is 1. The maximum Gasteiger partial charge on any atom is 0.191 e. The second kappa shape index (κ2) is 5.69. The molecule has 1 heterocycles. The van der Waals surface area contributed by atoms with Gasteiger partial charge in [0.2, 0.25) is 0 Å². The summed E-state index contributed by atoms with van der Waals surface area (Å²) in [6, 6.07) is 0. The number of guanidine groups is 1. The van der Waals surface area contributed by atoms with Crippen LogP contribution in [0.15, 0.2) is 4.99 Å². The SMILES string of the molecule is COCCC1(CN=C(N)N2CCOCC2)CC1. The van der Waals surface area contributed by atoms with E-state index in [1.165, 1.54) is 12.8 Å². The second-order valence-electron chi connectivity index (χ2n) is 5.02. The van der Waals surface area contributed by atoms with Crippen LogP contribution in [0.1, 0.15) is 19.3 Å². The van der Waals surface area contributed by atoms with Gasteiger partial charge < -0.3 is 20.1 Å². The molecule has 5 nitrogen and oxygen atoms in total. The van der Waals surface area contributed by atoms with E-state index in [9.17, 15) is 0 Å². The minimum absolute atomic E-state index is 0.382. The third kappa shape index (κ3) is 3.57. The molecule has 0 aromatic rings. The number of ether oxygens (including phenoxy) is 2. The Morgan fingerprint density at radius 1 is 1.41 bits per heavy atom. The molecule has 0 amide bonds. The fourth-order valence-electron chi connectivity index (χ4n) is 2.12. The van der Waals surface area contributed by atoms with E-state index in [4.69, 9.17) is 15.2 Å². The Hall–Kier alpha value is -0.810. The first-order chi connectivity index (χ1) is 8.26. The molecule has 0 spiro atoms. The van der Waals surface area contributed by atoms with Gasteiger partial charge in [-0.1, -0.05) is 0 Å². The average molecular weight is 241 g/mol. The molecule has 1 saturated carbocycles. The van der Waals surface area contributed by atoms with Crippen molar-refractivity contribution in [3.8, 4) is 0 Å². The number of morpholine rings is 1. The summed E-state index contributed by atoms with van der Waals surface area (Å²) >= 11 is 0. The Bertz CT molecular complexity index is 271. The minimum atomic E-state index is 0.382. The zero-order chi connectivity index (χ0) is 12.1. The van der Waals surface area contributed by atoms with E-state index in [0.29, 0.717) is 11.4 Å². The van der Waals surface area contributed by atoms with Crippen molar-refractivity contribution < 1.29 is 9.47 Å². The van der Waals surface area contributed by atoms with E-state index in [2.05, 4.69) is 9.89 Å². The number of nitrogens with zero attached hydrogens (tertiary/aromatic N) is 2. The summed E-state index contributed by atoms with van der Waals surface area (Å²) in [7, 11) is 1.75. The molecule has 0 aromatic heterocycles. The Morgan fingerprint density at radius 2 is 2.12 bits per heavy atom. The fraction of sp³-hybridized carbons (Fsp3) is 0.917. The highest BCUT2D eigenvalue weighted by Gasteiger charge is 2.41. The maximum atomic E-state index is 6.00. The zero-order valence-electron chi connectivity index (χ0n) is 10.7. The normalized spacial score (nSPS) is 23.8. The van der Waals surface area contributed by atoms with Crippen LogP contribution in [0.2, 0.25) is 0 Å². The molecular formula is C12H23N3O2. The average Bonchev–Trinajstić information content (AvgIpc) is 3.15. The van der Waals surface area contributed by atoms with Crippen LogP contribution in [0.3, 0.4) is 0 Å². The maximum absolute atomic E-state index is 6.00. The standard InChI is InChI=1S/C12H23N3O2/c1-16-7-4-12(2-3-12)10-14-11(13)15-5-8-17-9-6-15/h2-10H2,1H3,(H2,13,14). The predicted molar refractivity (Wildman–Crippen MR) is 67.0 cm³/mol. The number of aliphatic imine (C=N–C) groups is 1. The molecular weight excluding hydrogens is 218 g/mol. The third-order valence-corrected chi connectivity index (χ3v) is 3.71. The van der Waals surface area contributed by atoms with Gasteiger partial charge >= 0.3 is 0 Å². The van der Waals surface area contributed by atoms with Crippen molar-refractivity contribution in [2.24, 2.45) is 16.1 Å². The summed E-state index contributed by atoms with van der Waals surface area (Å²) in [5.74, 6) is 0.678. The summed E-state index contributed by atoms with van der Waals surface area (Å²) in [6.07, 6.45) is 3.62. The molecule has 0 atom stereocenters. The van der Waals surface area contributed by atoms with Crippen molar-refractivity contribution >= 4 is 5.96 Å². The molecule has 0 bridgehead atoms. The first-order valence-electron chi connectivity index (χ1n) is 6.37. The van der Waals surface area contributed by atoms with E-state index in [-0.39, 0.29) is 0 Å². The molecule has 0 aromatic carbocycles. The van der Waals surface area contributed by atoms with Crippen LogP contribution >= 0.6 is 0 Å². The highest BCUT2D eigenvalue weighted by Crippen LogP contribution is 2.48. The van der Waals surface area contributed by atoms with E-state index >= 15 is 0 Å². The monoisotopic (exact) mass is 241 g/mol. The minimum Gasteiger partial charge on any atom is -0.385 e. The van der Waals surface area contributed by atoms with Gasteiger partial charge in [0.15, 0.2) is 5.96 Å². The summed E-state index contributed by atoms with van der Waals surface area (Å²) in [5.41, 5.74) is 6.38. The van der Waals surface area contributed by atoms with Gasteiger partial charge in [0.25, 0.3) is 0 Å². The molecule has 2 N–H and O–H groups in total. The van der Waals surface area contributed by atoms with E-state index in [0.717, 1.165) is 45.9 Å². The van der Waals surface area contributed by atoms with Crippen LogP contribution in [0.4, 0.5) is 0 Å². The molecule has 2 aliphatic rings. The summed E-state index contributed by atoms with van der Waals surface area (Å²) in [4.78, 5) is 6.65. The summed E-state index contributed by atoms with van der Waals surface area (Å²) in [5, 5.41) is 0. The van der Waals surface area contributed by atoms with Gasteiger partial charge in [0.05, 0.1) is 13.2 Å². The van der Waals surface area contributed by atoms with Crippen LogP contribution in [-0.2, 0) is 9.47 Å². The van der Waals surface area contributed by atoms with Crippen LogP contribution in [0.25, 0.3) is 0 Å². The second-order valence-corrected chi connectivity index (χ2v) is 5.02. The van der Waals surface area contributed by atoms with Gasteiger partial charge in [0, 0.05) is 33.4 Å². The lowest BCUT2D eigenvalue weighted by Crippen LogP contribution is -2.45. The largest absolute Gasteiger partial charge is 0.385 e. The molecule has 1 aliphatic heterocycles. The lowest BCUT2D eigenvalue weighted by molar-refractivity contribution is 0.0673. The molecule has 2 rings (SSSR count). The molecule has 2 fully saturated rings. The topological polar surface area (TPSA) is 60.1 Å². The Balaban J connectivity index is 1.78. The quantitative estimate of drug-likeness (QED) is 0.561. The zero-order valence-corrected chi connectivity index (χ0v) is 10.7. The number of nitrogens with two attached hydrogens (primary N) is 1. The lowest BCUT2D eigenvalue weighted by Gasteiger charge is -2.28. The molecule has 0 radical (unpaired) electrons. The van der Waals surface area contributed by atoms with Crippen molar-refractivity contribution in [2.45, 2.75) is 19.3 Å². The molecule has 0 unspecified atom stereocenters. The summed E-state index contributed by atoms with van der Waals surface area (Å²) in [6.45, 7) is 4.91. The van der Waals surface area contributed by atoms with Crippen LogP contribution in [0, 0.1) is 5.41 Å².